The Bertz CT molecular complexity index is 1320. The summed E-state index contributed by atoms with van der Waals surface area (Å²) >= 11 is 0. The second kappa shape index (κ2) is 10.5. The van der Waals surface area contributed by atoms with E-state index in [-0.39, 0.29) is 39.4 Å². The number of anilines is 1. The van der Waals surface area contributed by atoms with E-state index in [1.165, 1.54) is 49.5 Å². The zero-order valence-electron chi connectivity index (χ0n) is 19.6. The largest absolute Gasteiger partial charge is 0.491 e. The van der Waals surface area contributed by atoms with Crippen LogP contribution >= 0.6 is 0 Å². The lowest BCUT2D eigenvalue weighted by Crippen LogP contribution is -2.30. The molecule has 35 heavy (non-hydrogen) atoms. The molecule has 3 aromatic rings. The van der Waals surface area contributed by atoms with Gasteiger partial charge in [0.05, 0.1) is 16.6 Å². The number of aromatic nitrogens is 1. The first kappa shape index (κ1) is 25.7. The van der Waals surface area contributed by atoms with Crippen LogP contribution in [0.1, 0.15) is 40.1 Å². The van der Waals surface area contributed by atoms with Crippen LogP contribution in [0, 0.1) is 6.92 Å². The van der Waals surface area contributed by atoms with E-state index in [0.717, 1.165) is 11.8 Å². The second-order valence-corrected chi connectivity index (χ2v) is 9.81. The number of carbonyl (C=O) groups excluding carboxylic acids is 1. The molecule has 0 aliphatic rings. The van der Waals surface area contributed by atoms with Gasteiger partial charge in [-0.05, 0) is 61.6 Å². The number of amides is 1. The predicted molar refractivity (Wildman–Crippen MR) is 128 cm³/mol. The van der Waals surface area contributed by atoms with Crippen molar-refractivity contribution in [1.82, 2.24) is 9.45 Å². The zero-order chi connectivity index (χ0) is 25.8. The number of aryl methyl sites for hydroxylation is 1. The quantitative estimate of drug-likeness (QED) is 0.425. The Balaban J connectivity index is 1.86. The van der Waals surface area contributed by atoms with Gasteiger partial charge in [0, 0.05) is 24.9 Å². The fraction of sp³-hybridized carbons (Fsp3) is 0.208. The Morgan fingerprint density at radius 2 is 1.66 bits per heavy atom. The van der Waals surface area contributed by atoms with Gasteiger partial charge < -0.3 is 20.0 Å². The molecule has 11 heteroatoms. The molecule has 1 aromatic heterocycles. The molecule has 1 amide bonds. The third-order valence-corrected chi connectivity index (χ3v) is 6.28. The van der Waals surface area contributed by atoms with Crippen molar-refractivity contribution in [3.05, 3.63) is 77.5 Å². The van der Waals surface area contributed by atoms with Crippen LogP contribution in [-0.4, -0.2) is 48.0 Å². The van der Waals surface area contributed by atoms with Crippen molar-refractivity contribution in [3.8, 4) is 11.5 Å². The average Bonchev–Trinajstić information content (AvgIpc) is 2.79. The first-order valence-electron chi connectivity index (χ1n) is 10.5. The number of pyridine rings is 1. The number of hydroxylamine groups is 1. The van der Waals surface area contributed by atoms with Gasteiger partial charge in [0.25, 0.3) is 15.9 Å². The van der Waals surface area contributed by atoms with E-state index >= 15 is 0 Å². The van der Waals surface area contributed by atoms with Gasteiger partial charge in [-0.15, -0.1) is 0 Å². The molecular formula is C24H25N3O7S. The summed E-state index contributed by atoms with van der Waals surface area (Å²) < 4.78 is 32.2. The van der Waals surface area contributed by atoms with Crippen LogP contribution in [0.5, 0.6) is 11.5 Å². The maximum atomic E-state index is 12.9. The minimum Gasteiger partial charge on any atom is -0.491 e. The summed E-state index contributed by atoms with van der Waals surface area (Å²) in [6.45, 7) is 5.45. The monoisotopic (exact) mass is 499 g/mol. The molecule has 0 aliphatic carbocycles. The summed E-state index contributed by atoms with van der Waals surface area (Å²) in [4.78, 5) is 33.4. The summed E-state index contributed by atoms with van der Waals surface area (Å²) in [6.07, 6.45) is 0.899. The van der Waals surface area contributed by atoms with Gasteiger partial charge in [-0.25, -0.2) is 18.2 Å². The third kappa shape index (κ3) is 6.55. The zero-order valence-corrected chi connectivity index (χ0v) is 20.4. The number of nitrogens with zero attached hydrogens (tertiary/aromatic N) is 2. The van der Waals surface area contributed by atoms with Gasteiger partial charge in [0.15, 0.2) is 5.75 Å². The van der Waals surface area contributed by atoms with Crippen molar-refractivity contribution in [2.24, 2.45) is 0 Å². The molecule has 10 nitrogen and oxygen atoms in total. The van der Waals surface area contributed by atoms with Crippen LogP contribution in [0.3, 0.4) is 0 Å². The van der Waals surface area contributed by atoms with E-state index in [2.05, 4.69) is 10.3 Å². The van der Waals surface area contributed by atoms with E-state index in [4.69, 9.17) is 14.7 Å². The van der Waals surface area contributed by atoms with Crippen molar-refractivity contribution in [2.45, 2.75) is 31.8 Å². The Hall–Kier alpha value is -3.96. The summed E-state index contributed by atoms with van der Waals surface area (Å²) in [5.41, 5.74) is 1.00. The lowest BCUT2D eigenvalue weighted by atomic mass is 10.2. The third-order valence-electron chi connectivity index (χ3n) is 4.66. The van der Waals surface area contributed by atoms with Crippen LogP contribution in [0.4, 0.5) is 5.82 Å². The number of carboxylic acids is 1. The first-order chi connectivity index (χ1) is 16.5. The highest BCUT2D eigenvalue weighted by molar-refractivity contribution is 7.89. The number of nitrogens with one attached hydrogen (secondary N) is 1. The van der Waals surface area contributed by atoms with Crippen molar-refractivity contribution < 1.29 is 32.7 Å². The average molecular weight is 500 g/mol. The smallest absolute Gasteiger partial charge is 0.337 e. The maximum Gasteiger partial charge on any atom is 0.337 e. The SMILES string of the molecule is Cc1ccc(S(=O)(=O)N(C)Oc2cc(OC(C)C)cc(C(=O)Nc3ccc(C(=O)O)cn3)c2)cc1. The topological polar surface area (TPSA) is 135 Å². The minimum atomic E-state index is -3.97. The highest BCUT2D eigenvalue weighted by Gasteiger charge is 2.23. The lowest BCUT2D eigenvalue weighted by molar-refractivity contribution is 0.0637. The number of benzene rings is 2. The highest BCUT2D eigenvalue weighted by atomic mass is 32.2. The van der Waals surface area contributed by atoms with E-state index in [9.17, 15) is 18.0 Å². The molecular weight excluding hydrogens is 474 g/mol. The molecule has 0 unspecified atom stereocenters. The Morgan fingerprint density at radius 1 is 1.00 bits per heavy atom. The standard InChI is InChI=1S/C24H25N3O7S/c1-15(2)33-19-11-18(23(28)26-22-10-7-17(14-25-22)24(29)30)12-20(13-19)34-27(4)35(31,32)21-8-5-16(3)6-9-21/h5-15H,1-4H3,(H,29,30)(H,25,26,28). The molecule has 3 rings (SSSR count). The molecule has 0 fully saturated rings. The molecule has 0 atom stereocenters. The molecule has 0 spiro atoms. The van der Waals surface area contributed by atoms with Crippen LogP contribution in [0.2, 0.25) is 0 Å². The number of ether oxygens (including phenoxy) is 1. The van der Waals surface area contributed by atoms with Crippen molar-refractivity contribution >= 4 is 27.7 Å². The number of sulfonamides is 1. The van der Waals surface area contributed by atoms with E-state index in [1.807, 2.05) is 6.92 Å². The Kier molecular flexibility index (Phi) is 7.72. The first-order valence-corrected chi connectivity index (χ1v) is 12.0. The molecule has 0 saturated carbocycles. The van der Waals surface area contributed by atoms with Gasteiger partial charge in [0.2, 0.25) is 0 Å². The minimum absolute atomic E-state index is 0.0242. The van der Waals surface area contributed by atoms with Crippen molar-refractivity contribution in [3.63, 3.8) is 0 Å². The van der Waals surface area contributed by atoms with Crippen LogP contribution < -0.4 is 14.9 Å². The van der Waals surface area contributed by atoms with Crippen molar-refractivity contribution in [2.75, 3.05) is 12.4 Å². The number of hydrogen-bond donors (Lipinski definition) is 2. The van der Waals surface area contributed by atoms with Crippen LogP contribution in [0.25, 0.3) is 0 Å². The molecule has 0 aliphatic heterocycles. The number of carbonyl (C=O) groups is 2. The van der Waals surface area contributed by atoms with Crippen LogP contribution in [-0.2, 0) is 10.0 Å². The Labute approximate surface area is 203 Å². The summed E-state index contributed by atoms with van der Waals surface area (Å²) in [6, 6.07) is 13.3. The molecule has 1 heterocycles. The van der Waals surface area contributed by atoms with E-state index < -0.39 is 21.9 Å². The number of carboxylic acid groups (broad SMARTS) is 1. The van der Waals surface area contributed by atoms with Gasteiger partial charge in [0.1, 0.15) is 11.6 Å². The molecule has 184 valence electrons. The molecule has 2 aromatic carbocycles. The fourth-order valence-electron chi connectivity index (χ4n) is 2.93. The van der Waals surface area contributed by atoms with Crippen molar-refractivity contribution in [1.29, 1.82) is 0 Å². The predicted octanol–water partition coefficient (Wildman–Crippen LogP) is 3.74. The second-order valence-electron chi connectivity index (χ2n) is 7.87. The Morgan fingerprint density at radius 3 is 2.23 bits per heavy atom. The molecule has 2 N–H and O–H groups in total. The lowest BCUT2D eigenvalue weighted by Gasteiger charge is -2.19. The highest BCUT2D eigenvalue weighted by Crippen LogP contribution is 2.27. The van der Waals surface area contributed by atoms with Crippen LogP contribution in [0.15, 0.2) is 65.7 Å². The molecule has 0 bridgehead atoms. The van der Waals surface area contributed by atoms with Gasteiger partial charge in [-0.3, -0.25) is 4.79 Å². The van der Waals surface area contributed by atoms with Gasteiger partial charge in [-0.2, -0.15) is 0 Å². The van der Waals surface area contributed by atoms with E-state index in [1.54, 1.807) is 26.0 Å². The van der Waals surface area contributed by atoms with Gasteiger partial charge >= 0.3 is 5.97 Å². The number of aromatic carboxylic acids is 1. The molecule has 0 radical (unpaired) electrons. The van der Waals surface area contributed by atoms with Gasteiger partial charge in [-0.1, -0.05) is 17.7 Å². The summed E-state index contributed by atoms with van der Waals surface area (Å²) in [7, 11) is -2.72. The van der Waals surface area contributed by atoms with E-state index in [0.29, 0.717) is 4.47 Å². The fourth-order valence-corrected chi connectivity index (χ4v) is 3.90. The summed E-state index contributed by atoms with van der Waals surface area (Å²) in [5, 5.41) is 11.5. The normalized spacial score (nSPS) is 11.4. The number of rotatable bonds is 9. The maximum absolute atomic E-state index is 12.9. The number of hydrogen-bond acceptors (Lipinski definition) is 7. The molecule has 0 saturated heterocycles. The summed E-state index contributed by atoms with van der Waals surface area (Å²) in [5.74, 6) is -1.24.